The third-order valence-electron chi connectivity index (χ3n) is 4.57. The summed E-state index contributed by atoms with van der Waals surface area (Å²) in [5.41, 5.74) is 0.683. The number of hydrogen-bond acceptors (Lipinski definition) is 5. The molecular formula is C18H24ClN3O4. The van der Waals surface area contributed by atoms with Crippen molar-refractivity contribution in [3.63, 3.8) is 0 Å². The number of pyridine rings is 1. The number of likely N-dealkylation sites (tertiary alicyclic amines) is 1. The van der Waals surface area contributed by atoms with Crippen LogP contribution in [0.3, 0.4) is 0 Å². The minimum atomic E-state index is -0.576. The Morgan fingerprint density at radius 1 is 1.42 bits per heavy atom. The van der Waals surface area contributed by atoms with Gasteiger partial charge < -0.3 is 19.3 Å². The highest BCUT2D eigenvalue weighted by Crippen LogP contribution is 2.31. The van der Waals surface area contributed by atoms with E-state index in [0.29, 0.717) is 36.7 Å². The molecule has 0 saturated carbocycles. The molecule has 26 heavy (non-hydrogen) atoms. The Morgan fingerprint density at radius 2 is 2.15 bits per heavy atom. The Kier molecular flexibility index (Phi) is 5.12. The number of nitrogens with zero attached hydrogens (tertiary/aromatic N) is 3. The fourth-order valence-electron chi connectivity index (χ4n) is 3.47. The monoisotopic (exact) mass is 381 g/mol. The Balaban J connectivity index is 1.76. The van der Waals surface area contributed by atoms with E-state index in [2.05, 4.69) is 4.98 Å². The minimum Gasteiger partial charge on any atom is -0.444 e. The first-order valence-electron chi connectivity index (χ1n) is 8.63. The van der Waals surface area contributed by atoms with Gasteiger partial charge in [0.2, 0.25) is 0 Å². The van der Waals surface area contributed by atoms with E-state index in [1.807, 2.05) is 20.8 Å². The Morgan fingerprint density at radius 3 is 2.81 bits per heavy atom. The summed E-state index contributed by atoms with van der Waals surface area (Å²) in [7, 11) is 1.60. The van der Waals surface area contributed by atoms with Crippen LogP contribution in [0.4, 0.5) is 4.79 Å². The summed E-state index contributed by atoms with van der Waals surface area (Å²) in [5.74, 6) is -0.0952. The van der Waals surface area contributed by atoms with Gasteiger partial charge >= 0.3 is 6.09 Å². The second-order valence-electron chi connectivity index (χ2n) is 7.71. The largest absolute Gasteiger partial charge is 0.444 e. The van der Waals surface area contributed by atoms with Crippen molar-refractivity contribution in [2.45, 2.75) is 51.4 Å². The number of fused-ring (bicyclic) bond motifs is 1. The highest BCUT2D eigenvalue weighted by Gasteiger charge is 2.43. The van der Waals surface area contributed by atoms with Gasteiger partial charge in [-0.05, 0) is 33.3 Å². The summed E-state index contributed by atoms with van der Waals surface area (Å²) in [4.78, 5) is 33.0. The lowest BCUT2D eigenvalue weighted by Gasteiger charge is -2.28. The first kappa shape index (κ1) is 18.9. The summed E-state index contributed by atoms with van der Waals surface area (Å²) >= 11 is 5.97. The fourth-order valence-corrected chi connectivity index (χ4v) is 3.63. The Labute approximate surface area is 158 Å². The molecule has 1 aromatic heterocycles. The van der Waals surface area contributed by atoms with E-state index in [4.69, 9.17) is 21.1 Å². The molecule has 1 saturated heterocycles. The van der Waals surface area contributed by atoms with Crippen LogP contribution < -0.4 is 0 Å². The van der Waals surface area contributed by atoms with Crippen LogP contribution in [0.5, 0.6) is 0 Å². The molecule has 8 heteroatoms. The molecule has 0 radical (unpaired) electrons. The number of halogens is 1. The predicted molar refractivity (Wildman–Crippen MR) is 96.1 cm³/mol. The maximum atomic E-state index is 12.8. The fraction of sp³-hybridized carbons (Fsp3) is 0.611. The van der Waals surface area contributed by atoms with Crippen LogP contribution in [0.1, 0.15) is 43.2 Å². The molecule has 3 rings (SSSR count). The van der Waals surface area contributed by atoms with Crippen molar-refractivity contribution in [2.75, 3.05) is 20.3 Å². The van der Waals surface area contributed by atoms with Crippen LogP contribution in [-0.4, -0.2) is 64.7 Å². The lowest BCUT2D eigenvalue weighted by Crippen LogP contribution is -2.43. The molecule has 3 heterocycles. The topological polar surface area (TPSA) is 72.0 Å². The Bertz CT molecular complexity index is 719. The minimum absolute atomic E-state index is 0.0952. The van der Waals surface area contributed by atoms with Crippen molar-refractivity contribution in [2.24, 2.45) is 0 Å². The van der Waals surface area contributed by atoms with Gasteiger partial charge in [0, 0.05) is 19.9 Å². The number of ether oxygens (including phenoxy) is 2. The molecule has 2 atom stereocenters. The second-order valence-corrected chi connectivity index (χ2v) is 8.15. The van der Waals surface area contributed by atoms with E-state index < -0.39 is 5.60 Å². The molecule has 0 unspecified atom stereocenters. The van der Waals surface area contributed by atoms with Crippen molar-refractivity contribution in [3.8, 4) is 0 Å². The highest BCUT2D eigenvalue weighted by atomic mass is 35.5. The molecule has 142 valence electrons. The summed E-state index contributed by atoms with van der Waals surface area (Å²) in [6, 6.07) is 1.41. The second kappa shape index (κ2) is 7.04. The number of carbonyl (C=O) groups is 2. The maximum Gasteiger partial charge on any atom is 0.410 e. The van der Waals surface area contributed by atoms with Gasteiger partial charge in [0.1, 0.15) is 5.60 Å². The molecule has 1 aromatic rings. The van der Waals surface area contributed by atoms with E-state index in [-0.39, 0.29) is 24.1 Å². The summed E-state index contributed by atoms with van der Waals surface area (Å²) in [6.07, 6.45) is 1.81. The SMILES string of the molecule is COC[C@@H]1C[C@@H](N2Cc3ncc(Cl)cc3C2=O)CN1C(=O)OC(C)(C)C. The third kappa shape index (κ3) is 3.78. The van der Waals surface area contributed by atoms with Gasteiger partial charge in [0.05, 0.1) is 41.5 Å². The van der Waals surface area contributed by atoms with Crippen molar-refractivity contribution in [1.29, 1.82) is 0 Å². The van der Waals surface area contributed by atoms with E-state index in [1.165, 1.54) is 0 Å². The quantitative estimate of drug-likeness (QED) is 0.805. The molecule has 2 amide bonds. The van der Waals surface area contributed by atoms with Crippen LogP contribution in [-0.2, 0) is 16.0 Å². The van der Waals surface area contributed by atoms with Gasteiger partial charge in [-0.2, -0.15) is 0 Å². The smallest absolute Gasteiger partial charge is 0.410 e. The molecule has 0 N–H and O–H groups in total. The average Bonchev–Trinajstić information content (AvgIpc) is 3.08. The highest BCUT2D eigenvalue weighted by molar-refractivity contribution is 6.30. The summed E-state index contributed by atoms with van der Waals surface area (Å²) in [6.45, 7) is 6.74. The van der Waals surface area contributed by atoms with Crippen LogP contribution >= 0.6 is 11.6 Å². The molecule has 0 bridgehead atoms. The average molecular weight is 382 g/mol. The number of aromatic nitrogens is 1. The van der Waals surface area contributed by atoms with Crippen molar-refractivity contribution < 1.29 is 19.1 Å². The van der Waals surface area contributed by atoms with Gasteiger partial charge in [-0.3, -0.25) is 9.78 Å². The molecule has 0 aliphatic carbocycles. The predicted octanol–water partition coefficient (Wildman–Crippen LogP) is 2.72. The van der Waals surface area contributed by atoms with Crippen molar-refractivity contribution in [1.82, 2.24) is 14.8 Å². The number of amides is 2. The molecule has 2 aliphatic heterocycles. The number of hydrogen-bond donors (Lipinski definition) is 0. The summed E-state index contributed by atoms with van der Waals surface area (Å²) in [5, 5.41) is 0.443. The zero-order valence-electron chi connectivity index (χ0n) is 15.5. The Hall–Kier alpha value is -1.86. The van der Waals surface area contributed by atoms with Gasteiger partial charge in [0.25, 0.3) is 5.91 Å². The molecule has 2 aliphatic rings. The van der Waals surface area contributed by atoms with Gasteiger partial charge in [0.15, 0.2) is 0 Å². The number of carbonyl (C=O) groups excluding carboxylic acids is 2. The zero-order valence-corrected chi connectivity index (χ0v) is 16.2. The molecule has 1 fully saturated rings. The number of rotatable bonds is 3. The van der Waals surface area contributed by atoms with Crippen LogP contribution in [0.2, 0.25) is 5.02 Å². The molecule has 0 aromatic carbocycles. The van der Waals surface area contributed by atoms with Crippen LogP contribution in [0.25, 0.3) is 0 Å². The third-order valence-corrected chi connectivity index (χ3v) is 4.78. The lowest BCUT2D eigenvalue weighted by atomic mass is 10.1. The van der Waals surface area contributed by atoms with E-state index in [0.717, 1.165) is 5.69 Å². The van der Waals surface area contributed by atoms with Gasteiger partial charge in [-0.25, -0.2) is 4.79 Å². The van der Waals surface area contributed by atoms with Crippen molar-refractivity contribution >= 4 is 23.6 Å². The van der Waals surface area contributed by atoms with Crippen LogP contribution in [0.15, 0.2) is 12.3 Å². The standard InChI is InChI=1S/C18H24ClN3O4/c1-18(2,3)26-17(24)22-8-12(6-13(22)10-25-4)21-9-15-14(16(21)23)5-11(19)7-20-15/h5,7,12-13H,6,8-10H2,1-4H3/t12-,13+/m1/s1. The van der Waals surface area contributed by atoms with E-state index in [1.54, 1.807) is 29.2 Å². The molecular weight excluding hydrogens is 358 g/mol. The zero-order chi connectivity index (χ0) is 19.1. The van der Waals surface area contributed by atoms with Crippen LogP contribution in [0, 0.1) is 0 Å². The summed E-state index contributed by atoms with van der Waals surface area (Å²) < 4.78 is 10.8. The normalized spacial score (nSPS) is 22.7. The number of methoxy groups -OCH3 is 1. The van der Waals surface area contributed by atoms with Gasteiger partial charge in [-0.15, -0.1) is 0 Å². The maximum absolute atomic E-state index is 12.8. The molecule has 7 nitrogen and oxygen atoms in total. The molecule has 0 spiro atoms. The first-order chi connectivity index (χ1) is 12.2. The van der Waals surface area contributed by atoms with E-state index in [9.17, 15) is 9.59 Å². The van der Waals surface area contributed by atoms with Crippen molar-refractivity contribution in [3.05, 3.63) is 28.5 Å². The van der Waals surface area contributed by atoms with Gasteiger partial charge in [-0.1, -0.05) is 11.6 Å². The lowest BCUT2D eigenvalue weighted by molar-refractivity contribution is 0.0140. The first-order valence-corrected chi connectivity index (χ1v) is 9.01. The van der Waals surface area contributed by atoms with E-state index >= 15 is 0 Å².